The van der Waals surface area contributed by atoms with Crippen molar-refractivity contribution in [2.24, 2.45) is 0 Å². The van der Waals surface area contributed by atoms with Gasteiger partial charge in [0.25, 0.3) is 0 Å². The number of rotatable bonds is 6. The zero-order chi connectivity index (χ0) is 14.5. The largest absolute Gasteiger partial charge is 0.466 e. The molecule has 2 unspecified atom stereocenters. The first kappa shape index (κ1) is 16.4. The predicted octanol–water partition coefficient (Wildman–Crippen LogP) is 1.23. The van der Waals surface area contributed by atoms with Crippen molar-refractivity contribution in [3.8, 4) is 0 Å². The van der Waals surface area contributed by atoms with E-state index in [-0.39, 0.29) is 17.3 Å². The van der Waals surface area contributed by atoms with Crippen molar-refractivity contribution in [3.63, 3.8) is 0 Å². The molecule has 0 aromatic carbocycles. The minimum Gasteiger partial charge on any atom is -0.466 e. The number of ether oxygens (including phenoxy) is 1. The lowest BCUT2D eigenvalue weighted by Crippen LogP contribution is -2.40. The van der Waals surface area contributed by atoms with Crippen molar-refractivity contribution in [3.05, 3.63) is 0 Å². The van der Waals surface area contributed by atoms with Gasteiger partial charge in [0.15, 0.2) is 0 Å². The summed E-state index contributed by atoms with van der Waals surface area (Å²) in [5.41, 5.74) is 0. The molecule has 0 amide bonds. The van der Waals surface area contributed by atoms with Crippen LogP contribution < -0.4 is 0 Å². The first-order chi connectivity index (χ1) is 8.84. The molecular weight excluding hydrogens is 266 g/mol. The summed E-state index contributed by atoms with van der Waals surface area (Å²) in [6.45, 7) is 2.82. The predicted molar refractivity (Wildman–Crippen MR) is 74.8 cm³/mol. The van der Waals surface area contributed by atoms with Crippen LogP contribution in [0.4, 0.5) is 0 Å². The van der Waals surface area contributed by atoms with Crippen molar-refractivity contribution in [1.29, 1.82) is 0 Å². The SMILES string of the molecule is CCOC(=O)CCN(C)C1CCCC(S(C)(=O)=O)C1. The van der Waals surface area contributed by atoms with Crippen LogP contribution in [0.5, 0.6) is 0 Å². The molecule has 0 spiro atoms. The minimum atomic E-state index is -2.95. The molecule has 0 heterocycles. The van der Waals surface area contributed by atoms with Crippen LogP contribution in [0, 0.1) is 0 Å². The molecule has 2 atom stereocenters. The Morgan fingerprint density at radius 3 is 2.63 bits per heavy atom. The van der Waals surface area contributed by atoms with E-state index < -0.39 is 9.84 Å². The third-order valence-corrected chi connectivity index (χ3v) is 5.44. The van der Waals surface area contributed by atoms with Crippen LogP contribution in [0.2, 0.25) is 0 Å². The standard InChI is InChI=1S/C13H25NO4S/c1-4-18-13(15)8-9-14(2)11-6-5-7-12(10-11)19(3,16)17/h11-12H,4-10H2,1-3H3. The second-order valence-corrected chi connectivity index (χ2v) is 7.63. The molecule has 6 heteroatoms. The Balaban J connectivity index is 2.44. The number of carbonyl (C=O) groups excluding carboxylic acids is 1. The van der Waals surface area contributed by atoms with Gasteiger partial charge in [-0.25, -0.2) is 8.42 Å². The highest BCUT2D eigenvalue weighted by atomic mass is 32.2. The maximum absolute atomic E-state index is 11.6. The molecule has 0 aromatic heterocycles. The second kappa shape index (κ2) is 7.24. The van der Waals surface area contributed by atoms with Crippen LogP contribution in [0.3, 0.4) is 0 Å². The highest BCUT2D eigenvalue weighted by Gasteiger charge is 2.30. The van der Waals surface area contributed by atoms with Crippen molar-refractivity contribution in [1.82, 2.24) is 4.90 Å². The lowest BCUT2D eigenvalue weighted by atomic mass is 9.94. The van der Waals surface area contributed by atoms with Crippen molar-refractivity contribution < 1.29 is 17.9 Å². The van der Waals surface area contributed by atoms with E-state index in [0.29, 0.717) is 26.0 Å². The van der Waals surface area contributed by atoms with Crippen molar-refractivity contribution in [2.45, 2.75) is 50.3 Å². The van der Waals surface area contributed by atoms with Crippen LogP contribution in [-0.4, -0.2) is 57.0 Å². The van der Waals surface area contributed by atoms with Gasteiger partial charge < -0.3 is 9.64 Å². The van der Waals surface area contributed by atoms with E-state index in [0.717, 1.165) is 19.3 Å². The first-order valence-electron chi connectivity index (χ1n) is 6.89. The van der Waals surface area contributed by atoms with E-state index in [9.17, 15) is 13.2 Å². The number of hydrogen-bond donors (Lipinski definition) is 0. The van der Waals surface area contributed by atoms with Crippen LogP contribution in [0.25, 0.3) is 0 Å². The fourth-order valence-electron chi connectivity index (χ4n) is 2.59. The van der Waals surface area contributed by atoms with E-state index in [1.54, 1.807) is 6.92 Å². The summed E-state index contributed by atoms with van der Waals surface area (Å²) in [5, 5.41) is -0.226. The summed E-state index contributed by atoms with van der Waals surface area (Å²) < 4.78 is 28.1. The first-order valence-corrected chi connectivity index (χ1v) is 8.84. The molecule has 1 fully saturated rings. The molecule has 1 aliphatic rings. The number of esters is 1. The average Bonchev–Trinajstić information content (AvgIpc) is 2.35. The van der Waals surface area contributed by atoms with E-state index in [1.807, 2.05) is 7.05 Å². The fraction of sp³-hybridized carbons (Fsp3) is 0.923. The van der Waals surface area contributed by atoms with Gasteiger partial charge in [0.2, 0.25) is 0 Å². The zero-order valence-corrected chi connectivity index (χ0v) is 12.9. The molecular formula is C13H25NO4S. The highest BCUT2D eigenvalue weighted by molar-refractivity contribution is 7.91. The van der Waals surface area contributed by atoms with Crippen molar-refractivity contribution in [2.75, 3.05) is 26.5 Å². The summed E-state index contributed by atoms with van der Waals surface area (Å²) in [7, 11) is -0.998. The van der Waals surface area contributed by atoms with E-state index >= 15 is 0 Å². The Morgan fingerprint density at radius 2 is 2.05 bits per heavy atom. The summed E-state index contributed by atoms with van der Waals surface area (Å²) in [6, 6.07) is 0.253. The molecule has 1 saturated carbocycles. The molecule has 0 aliphatic heterocycles. The number of carbonyl (C=O) groups is 1. The summed E-state index contributed by atoms with van der Waals surface area (Å²) in [4.78, 5) is 13.4. The lowest BCUT2D eigenvalue weighted by molar-refractivity contribution is -0.143. The minimum absolute atomic E-state index is 0.190. The van der Waals surface area contributed by atoms with Gasteiger partial charge in [-0.2, -0.15) is 0 Å². The van der Waals surface area contributed by atoms with Gasteiger partial charge in [-0.3, -0.25) is 4.79 Å². The van der Waals surface area contributed by atoms with Crippen LogP contribution in [-0.2, 0) is 19.4 Å². The Labute approximate surface area is 116 Å². The van der Waals surface area contributed by atoms with Gasteiger partial charge >= 0.3 is 5.97 Å². The average molecular weight is 291 g/mol. The maximum Gasteiger partial charge on any atom is 0.307 e. The van der Waals surface area contributed by atoms with E-state index in [2.05, 4.69) is 4.90 Å². The molecule has 0 radical (unpaired) electrons. The van der Waals surface area contributed by atoms with E-state index in [4.69, 9.17) is 4.74 Å². The molecule has 5 nitrogen and oxygen atoms in total. The van der Waals surface area contributed by atoms with Crippen molar-refractivity contribution >= 4 is 15.8 Å². The Hall–Kier alpha value is -0.620. The molecule has 0 bridgehead atoms. The number of sulfone groups is 1. The van der Waals surface area contributed by atoms with Gasteiger partial charge in [0, 0.05) is 18.8 Å². The Morgan fingerprint density at radius 1 is 1.37 bits per heavy atom. The van der Waals surface area contributed by atoms with Gasteiger partial charge in [0.1, 0.15) is 9.84 Å². The van der Waals surface area contributed by atoms with Crippen LogP contribution in [0.15, 0.2) is 0 Å². The molecule has 1 rings (SSSR count). The molecule has 0 saturated heterocycles. The smallest absolute Gasteiger partial charge is 0.307 e. The van der Waals surface area contributed by atoms with Gasteiger partial charge in [-0.1, -0.05) is 6.42 Å². The second-order valence-electron chi connectivity index (χ2n) is 5.31. The highest BCUT2D eigenvalue weighted by Crippen LogP contribution is 2.26. The maximum atomic E-state index is 11.6. The fourth-order valence-corrected chi connectivity index (χ4v) is 3.76. The summed E-state index contributed by atoms with van der Waals surface area (Å²) in [5.74, 6) is -0.190. The Kier molecular flexibility index (Phi) is 6.26. The third kappa shape index (κ3) is 5.48. The van der Waals surface area contributed by atoms with Crippen LogP contribution in [0.1, 0.15) is 39.0 Å². The number of hydrogen-bond acceptors (Lipinski definition) is 5. The normalized spacial score (nSPS) is 24.4. The molecule has 112 valence electrons. The molecule has 0 aromatic rings. The quantitative estimate of drug-likeness (QED) is 0.689. The summed E-state index contributed by atoms with van der Waals surface area (Å²) in [6.07, 6.45) is 5.07. The third-order valence-electron chi connectivity index (χ3n) is 3.80. The molecule has 1 aliphatic carbocycles. The van der Waals surface area contributed by atoms with E-state index in [1.165, 1.54) is 6.26 Å². The van der Waals surface area contributed by atoms with Gasteiger partial charge in [-0.15, -0.1) is 0 Å². The van der Waals surface area contributed by atoms with Gasteiger partial charge in [0.05, 0.1) is 18.3 Å². The summed E-state index contributed by atoms with van der Waals surface area (Å²) >= 11 is 0. The Bertz CT molecular complexity index is 393. The monoisotopic (exact) mass is 291 g/mol. The molecule has 19 heavy (non-hydrogen) atoms. The van der Waals surface area contributed by atoms with Gasteiger partial charge in [-0.05, 0) is 33.2 Å². The molecule has 0 N–H and O–H groups in total. The lowest BCUT2D eigenvalue weighted by Gasteiger charge is -2.34. The zero-order valence-electron chi connectivity index (χ0n) is 12.1. The van der Waals surface area contributed by atoms with Crippen LogP contribution >= 0.6 is 0 Å². The topological polar surface area (TPSA) is 63.7 Å². The number of nitrogens with zero attached hydrogens (tertiary/aromatic N) is 1.